The van der Waals surface area contributed by atoms with Gasteiger partial charge in [0.15, 0.2) is 16.6 Å². The predicted molar refractivity (Wildman–Crippen MR) is 118 cm³/mol. The summed E-state index contributed by atoms with van der Waals surface area (Å²) in [7, 11) is 3.19. The fourth-order valence-corrected chi connectivity index (χ4v) is 4.44. The van der Waals surface area contributed by atoms with Crippen LogP contribution in [0.15, 0.2) is 46.4 Å². The molecular formula is C21H19N3O4S2. The Morgan fingerprint density at radius 2 is 2.00 bits per heavy atom. The number of methoxy groups -OCH3 is 2. The normalized spacial score (nSPS) is 10.8. The maximum atomic E-state index is 12.5. The molecule has 0 radical (unpaired) electrons. The van der Waals surface area contributed by atoms with Gasteiger partial charge in [-0.25, -0.2) is 9.97 Å². The van der Waals surface area contributed by atoms with Gasteiger partial charge >= 0.3 is 0 Å². The minimum Gasteiger partial charge on any atom is -0.493 e. The van der Waals surface area contributed by atoms with Gasteiger partial charge in [-0.1, -0.05) is 6.07 Å². The summed E-state index contributed by atoms with van der Waals surface area (Å²) in [6.45, 7) is 1.96. The summed E-state index contributed by atoms with van der Waals surface area (Å²) in [5, 5.41) is 5.33. The van der Waals surface area contributed by atoms with E-state index >= 15 is 0 Å². The fourth-order valence-electron chi connectivity index (χ4n) is 2.93. The van der Waals surface area contributed by atoms with Crippen molar-refractivity contribution >= 4 is 33.7 Å². The van der Waals surface area contributed by atoms with Crippen molar-refractivity contribution in [2.45, 2.75) is 13.3 Å². The van der Waals surface area contributed by atoms with Crippen LogP contribution in [0.4, 0.5) is 5.13 Å². The zero-order chi connectivity index (χ0) is 21.1. The number of hydrogen-bond donors (Lipinski definition) is 1. The average molecular weight is 442 g/mol. The molecule has 0 aliphatic heterocycles. The first-order valence-corrected chi connectivity index (χ1v) is 10.7. The van der Waals surface area contributed by atoms with E-state index in [1.54, 1.807) is 14.2 Å². The first-order chi connectivity index (χ1) is 14.6. The van der Waals surface area contributed by atoms with Crippen LogP contribution < -0.4 is 14.8 Å². The van der Waals surface area contributed by atoms with Gasteiger partial charge in [-0.2, -0.15) is 0 Å². The van der Waals surface area contributed by atoms with Gasteiger partial charge in [-0.05, 0) is 36.6 Å². The van der Waals surface area contributed by atoms with Crippen molar-refractivity contribution in [3.63, 3.8) is 0 Å². The Kier molecular flexibility index (Phi) is 5.82. The highest BCUT2D eigenvalue weighted by atomic mass is 32.1. The van der Waals surface area contributed by atoms with Crippen LogP contribution in [0.3, 0.4) is 0 Å². The van der Waals surface area contributed by atoms with E-state index in [1.165, 1.54) is 28.9 Å². The zero-order valence-electron chi connectivity index (χ0n) is 16.6. The number of oxazole rings is 1. The van der Waals surface area contributed by atoms with Crippen molar-refractivity contribution in [1.29, 1.82) is 0 Å². The highest BCUT2D eigenvalue weighted by Crippen LogP contribution is 2.36. The largest absolute Gasteiger partial charge is 0.493 e. The summed E-state index contributed by atoms with van der Waals surface area (Å²) >= 11 is 2.95. The van der Waals surface area contributed by atoms with Crippen LogP contribution in [-0.2, 0) is 11.2 Å². The number of hydrogen-bond acceptors (Lipinski definition) is 8. The zero-order valence-corrected chi connectivity index (χ0v) is 18.2. The smallest absolute Gasteiger partial charge is 0.236 e. The third kappa shape index (κ3) is 4.22. The molecule has 0 atom stereocenters. The topological polar surface area (TPSA) is 86.5 Å². The van der Waals surface area contributed by atoms with E-state index in [0.717, 1.165) is 21.0 Å². The van der Waals surface area contributed by atoms with Crippen LogP contribution in [0.1, 0.15) is 10.6 Å². The third-order valence-corrected chi connectivity index (χ3v) is 6.07. The van der Waals surface area contributed by atoms with Crippen LogP contribution in [0.2, 0.25) is 0 Å². The molecule has 1 aromatic carbocycles. The second-order valence-corrected chi connectivity index (χ2v) is 8.49. The molecule has 3 heterocycles. The molecule has 0 saturated carbocycles. The van der Waals surface area contributed by atoms with Crippen LogP contribution in [0, 0.1) is 6.92 Å². The number of aryl methyl sites for hydroxylation is 1. The molecule has 3 aromatic heterocycles. The van der Waals surface area contributed by atoms with Gasteiger partial charge in [0.05, 0.1) is 36.9 Å². The molecule has 9 heteroatoms. The predicted octanol–water partition coefficient (Wildman–Crippen LogP) is 5.03. The van der Waals surface area contributed by atoms with Gasteiger partial charge in [0, 0.05) is 10.4 Å². The highest BCUT2D eigenvalue weighted by molar-refractivity contribution is 7.16. The number of carbonyl (C=O) groups excluding carboxylic acids is 1. The van der Waals surface area contributed by atoms with E-state index in [-0.39, 0.29) is 12.3 Å². The Bertz CT molecular complexity index is 1170. The van der Waals surface area contributed by atoms with E-state index in [1.807, 2.05) is 42.6 Å². The van der Waals surface area contributed by atoms with E-state index in [0.29, 0.717) is 28.2 Å². The summed E-state index contributed by atoms with van der Waals surface area (Å²) in [5.41, 5.74) is 2.25. The molecule has 0 bridgehead atoms. The lowest BCUT2D eigenvalue weighted by molar-refractivity contribution is -0.115. The monoisotopic (exact) mass is 441 g/mol. The van der Waals surface area contributed by atoms with Gasteiger partial charge in [0.2, 0.25) is 11.8 Å². The Balaban J connectivity index is 1.46. The fraction of sp³-hybridized carbons (Fsp3) is 0.190. The summed E-state index contributed by atoms with van der Waals surface area (Å²) in [6.07, 6.45) is 1.62. The van der Waals surface area contributed by atoms with Crippen LogP contribution >= 0.6 is 22.7 Å². The molecule has 4 rings (SSSR count). The molecule has 0 fully saturated rings. The van der Waals surface area contributed by atoms with Crippen molar-refractivity contribution in [2.75, 3.05) is 19.5 Å². The Morgan fingerprint density at radius 1 is 1.17 bits per heavy atom. The van der Waals surface area contributed by atoms with Crippen LogP contribution in [0.25, 0.3) is 22.0 Å². The number of rotatable bonds is 7. The molecule has 0 unspecified atom stereocenters. The van der Waals surface area contributed by atoms with E-state index in [9.17, 15) is 4.79 Å². The molecule has 7 nitrogen and oxygen atoms in total. The molecule has 0 aliphatic carbocycles. The van der Waals surface area contributed by atoms with Crippen molar-refractivity contribution < 1.29 is 18.7 Å². The number of carbonyl (C=O) groups is 1. The highest BCUT2D eigenvalue weighted by Gasteiger charge is 2.16. The number of amides is 1. The number of aromatic nitrogens is 2. The molecule has 4 aromatic rings. The molecule has 0 aliphatic rings. The minimum atomic E-state index is -0.200. The minimum absolute atomic E-state index is 0.110. The molecule has 0 spiro atoms. The van der Waals surface area contributed by atoms with Crippen molar-refractivity contribution in [3.05, 3.63) is 52.5 Å². The lowest BCUT2D eigenvalue weighted by atomic mass is 10.1. The van der Waals surface area contributed by atoms with Crippen molar-refractivity contribution in [3.8, 4) is 33.5 Å². The average Bonchev–Trinajstić information content (AvgIpc) is 3.48. The van der Waals surface area contributed by atoms with Gasteiger partial charge in [-0.3, -0.25) is 4.79 Å². The SMILES string of the molecule is COc1ccc(-c2nc(NC(=O)Cc3coc(-c4cccs4)n3)sc2C)cc1OC. The molecule has 1 amide bonds. The summed E-state index contributed by atoms with van der Waals surface area (Å²) in [4.78, 5) is 23.3. The second kappa shape index (κ2) is 8.68. The Hall–Kier alpha value is -3.17. The summed E-state index contributed by atoms with van der Waals surface area (Å²) in [5.74, 6) is 1.60. The van der Waals surface area contributed by atoms with Crippen LogP contribution in [0.5, 0.6) is 11.5 Å². The Morgan fingerprint density at radius 3 is 2.73 bits per heavy atom. The van der Waals surface area contributed by atoms with Gasteiger partial charge in [-0.15, -0.1) is 22.7 Å². The summed E-state index contributed by atoms with van der Waals surface area (Å²) in [6, 6.07) is 9.47. The summed E-state index contributed by atoms with van der Waals surface area (Å²) < 4.78 is 16.1. The molecule has 154 valence electrons. The molecule has 30 heavy (non-hydrogen) atoms. The number of nitrogens with one attached hydrogen (secondary N) is 1. The first-order valence-electron chi connectivity index (χ1n) is 9.05. The number of nitrogens with zero attached hydrogens (tertiary/aromatic N) is 2. The molecule has 1 N–H and O–H groups in total. The Labute approximate surface area is 181 Å². The van der Waals surface area contributed by atoms with E-state index in [4.69, 9.17) is 13.9 Å². The lowest BCUT2D eigenvalue weighted by Gasteiger charge is -2.08. The maximum Gasteiger partial charge on any atom is 0.236 e. The quantitative estimate of drug-likeness (QED) is 0.433. The van der Waals surface area contributed by atoms with E-state index < -0.39 is 0 Å². The number of thiazole rings is 1. The lowest BCUT2D eigenvalue weighted by Crippen LogP contribution is -2.14. The number of ether oxygens (including phenoxy) is 2. The third-order valence-electron chi connectivity index (χ3n) is 4.33. The maximum absolute atomic E-state index is 12.5. The standard InChI is InChI=1S/C21H19N3O4S2/c1-12-19(13-6-7-15(26-2)16(9-13)27-3)24-21(30-12)23-18(25)10-14-11-28-20(22-14)17-5-4-8-29-17/h4-9,11H,10H2,1-3H3,(H,23,24,25). The molecule has 0 saturated heterocycles. The van der Waals surface area contributed by atoms with Gasteiger partial charge in [0.25, 0.3) is 0 Å². The van der Waals surface area contributed by atoms with Crippen LogP contribution in [-0.4, -0.2) is 30.1 Å². The first kappa shape index (κ1) is 20.1. The van der Waals surface area contributed by atoms with Crippen molar-refractivity contribution in [1.82, 2.24) is 9.97 Å². The number of benzene rings is 1. The van der Waals surface area contributed by atoms with Gasteiger partial charge < -0.3 is 19.2 Å². The second-order valence-electron chi connectivity index (χ2n) is 6.34. The number of thiophene rings is 1. The van der Waals surface area contributed by atoms with Gasteiger partial charge in [0.1, 0.15) is 6.26 Å². The molecular weight excluding hydrogens is 422 g/mol. The van der Waals surface area contributed by atoms with Crippen molar-refractivity contribution in [2.24, 2.45) is 0 Å². The van der Waals surface area contributed by atoms with E-state index in [2.05, 4.69) is 15.3 Å². The number of anilines is 1.